The van der Waals surface area contributed by atoms with Gasteiger partial charge >= 0.3 is 0 Å². The van der Waals surface area contributed by atoms with E-state index >= 15 is 0 Å². The number of halogens is 4. The second-order valence-corrected chi connectivity index (χ2v) is 14.0. The second kappa shape index (κ2) is 15.0. The summed E-state index contributed by atoms with van der Waals surface area (Å²) in [7, 11) is -4.23. The maximum Gasteiger partial charge on any atom is 0.264 e. The molecule has 3 aromatic rings. The molecule has 12 heteroatoms. The number of hydrogen-bond acceptors (Lipinski definition) is 4. The molecule has 1 aliphatic rings. The third-order valence-corrected chi connectivity index (χ3v) is 10.6. The van der Waals surface area contributed by atoms with Crippen LogP contribution in [0.1, 0.15) is 51.0 Å². The fraction of sp³-hybridized carbons (Fsp3) is 0.355. The largest absolute Gasteiger partial charge is 0.352 e. The summed E-state index contributed by atoms with van der Waals surface area (Å²) < 4.78 is 28.9. The Morgan fingerprint density at radius 3 is 2.21 bits per heavy atom. The number of nitrogens with one attached hydrogen (secondary N) is 1. The van der Waals surface area contributed by atoms with E-state index in [9.17, 15) is 18.0 Å². The average molecular weight is 686 g/mol. The lowest BCUT2D eigenvalue weighted by Crippen LogP contribution is -2.54. The molecule has 1 aliphatic carbocycles. The number of benzene rings is 3. The Labute approximate surface area is 273 Å². The molecule has 0 aliphatic heterocycles. The van der Waals surface area contributed by atoms with E-state index in [1.165, 1.54) is 35.2 Å². The molecule has 4 rings (SSSR count). The van der Waals surface area contributed by atoms with Gasteiger partial charge in [-0.05, 0) is 67.3 Å². The number of sulfonamides is 1. The summed E-state index contributed by atoms with van der Waals surface area (Å²) >= 11 is 25.0. The molecule has 2 amide bonds. The van der Waals surface area contributed by atoms with Gasteiger partial charge in [-0.3, -0.25) is 13.9 Å². The highest BCUT2D eigenvalue weighted by atomic mass is 35.5. The third kappa shape index (κ3) is 8.37. The Morgan fingerprint density at radius 2 is 1.58 bits per heavy atom. The van der Waals surface area contributed by atoms with Crippen LogP contribution in [0.2, 0.25) is 20.1 Å². The van der Waals surface area contributed by atoms with Crippen molar-refractivity contribution in [3.05, 3.63) is 92.4 Å². The van der Waals surface area contributed by atoms with Crippen LogP contribution < -0.4 is 9.62 Å². The van der Waals surface area contributed by atoms with Crippen LogP contribution in [0.15, 0.2) is 71.6 Å². The number of carbonyl (C=O) groups is 2. The molecule has 0 saturated heterocycles. The highest BCUT2D eigenvalue weighted by Gasteiger charge is 2.35. The zero-order chi connectivity index (χ0) is 31.1. The summed E-state index contributed by atoms with van der Waals surface area (Å²) in [6.45, 7) is 1.17. The quantitative estimate of drug-likeness (QED) is 0.224. The predicted molar refractivity (Wildman–Crippen MR) is 174 cm³/mol. The van der Waals surface area contributed by atoms with Gasteiger partial charge in [-0.1, -0.05) is 96.9 Å². The van der Waals surface area contributed by atoms with Crippen LogP contribution >= 0.6 is 46.4 Å². The first-order valence-corrected chi connectivity index (χ1v) is 17.0. The molecule has 3 aromatic carbocycles. The van der Waals surface area contributed by atoms with E-state index in [-0.39, 0.29) is 39.1 Å². The van der Waals surface area contributed by atoms with Crippen LogP contribution in [0.25, 0.3) is 0 Å². The number of nitrogens with zero attached hydrogens (tertiary/aromatic N) is 2. The molecule has 0 spiro atoms. The van der Waals surface area contributed by atoms with E-state index in [2.05, 4.69) is 5.32 Å². The Morgan fingerprint density at radius 1 is 0.884 bits per heavy atom. The summed E-state index contributed by atoms with van der Waals surface area (Å²) in [6.07, 6.45) is 5.23. The summed E-state index contributed by atoms with van der Waals surface area (Å²) in [5.41, 5.74) is 0.714. The van der Waals surface area contributed by atoms with Crippen molar-refractivity contribution >= 4 is 73.9 Å². The summed E-state index contributed by atoms with van der Waals surface area (Å²) in [4.78, 5) is 29.3. The monoisotopic (exact) mass is 683 g/mol. The lowest BCUT2D eigenvalue weighted by atomic mass is 9.95. The molecular formula is C31H33Cl4N3O4S. The molecule has 1 saturated carbocycles. The molecule has 0 aromatic heterocycles. The van der Waals surface area contributed by atoms with Crippen molar-refractivity contribution in [1.29, 1.82) is 0 Å². The Balaban J connectivity index is 1.73. The summed E-state index contributed by atoms with van der Waals surface area (Å²) in [6, 6.07) is 16.2. The van der Waals surface area contributed by atoms with Gasteiger partial charge in [-0.15, -0.1) is 0 Å². The Bertz CT molecular complexity index is 1550. The molecule has 1 fully saturated rings. The normalized spacial score (nSPS) is 14.6. The van der Waals surface area contributed by atoms with Gasteiger partial charge in [-0.2, -0.15) is 0 Å². The highest BCUT2D eigenvalue weighted by Crippen LogP contribution is 2.31. The first-order valence-electron chi connectivity index (χ1n) is 14.1. The van der Waals surface area contributed by atoms with Crippen LogP contribution in [0.3, 0.4) is 0 Å². The molecule has 0 bridgehead atoms. The minimum Gasteiger partial charge on any atom is -0.352 e. The van der Waals surface area contributed by atoms with Gasteiger partial charge in [0.2, 0.25) is 11.8 Å². The van der Waals surface area contributed by atoms with E-state index < -0.39 is 28.5 Å². The van der Waals surface area contributed by atoms with Crippen molar-refractivity contribution in [2.75, 3.05) is 10.8 Å². The maximum absolute atomic E-state index is 14.2. The fourth-order valence-corrected chi connectivity index (χ4v) is 7.37. The van der Waals surface area contributed by atoms with Crippen LogP contribution in [-0.2, 0) is 26.2 Å². The molecule has 230 valence electrons. The molecule has 1 atom stereocenters. The topological polar surface area (TPSA) is 86.8 Å². The van der Waals surface area contributed by atoms with Crippen molar-refractivity contribution < 1.29 is 18.0 Å². The van der Waals surface area contributed by atoms with Gasteiger partial charge < -0.3 is 10.2 Å². The van der Waals surface area contributed by atoms with Gasteiger partial charge in [0.15, 0.2) is 0 Å². The highest BCUT2D eigenvalue weighted by molar-refractivity contribution is 7.92. The zero-order valence-electron chi connectivity index (χ0n) is 23.6. The Kier molecular flexibility index (Phi) is 11.6. The van der Waals surface area contributed by atoms with Crippen molar-refractivity contribution in [3.8, 4) is 0 Å². The number of amides is 2. The number of rotatable bonds is 11. The standard InChI is InChI=1S/C31H33Cl4N3O4S/c1-2-29(31(40)36-23-9-5-3-6-10-23)37(19-21-13-14-22(32)17-27(21)34)30(39)20-38(24-15-16-26(33)28(35)18-24)43(41,42)25-11-7-4-8-12-25/h4,7-8,11-18,23,29H,2-3,5-6,9-10,19-20H2,1H3,(H,36,40)/t29-/m0/s1. The van der Waals surface area contributed by atoms with E-state index in [1.54, 1.807) is 36.4 Å². The Hall–Kier alpha value is -2.49. The minimum absolute atomic E-state index is 0.0109. The molecule has 43 heavy (non-hydrogen) atoms. The predicted octanol–water partition coefficient (Wildman–Crippen LogP) is 7.75. The van der Waals surface area contributed by atoms with Gasteiger partial charge in [0.1, 0.15) is 12.6 Å². The first-order chi connectivity index (χ1) is 20.5. The van der Waals surface area contributed by atoms with Crippen LogP contribution in [0.5, 0.6) is 0 Å². The average Bonchev–Trinajstić information content (AvgIpc) is 2.99. The van der Waals surface area contributed by atoms with Gasteiger partial charge in [0.05, 0.1) is 20.6 Å². The molecule has 0 radical (unpaired) electrons. The number of hydrogen-bond donors (Lipinski definition) is 1. The van der Waals surface area contributed by atoms with Crippen molar-refractivity contribution in [2.24, 2.45) is 0 Å². The van der Waals surface area contributed by atoms with E-state index in [4.69, 9.17) is 46.4 Å². The SMILES string of the molecule is CC[C@@H](C(=O)NC1CCCCC1)N(Cc1ccc(Cl)cc1Cl)C(=O)CN(c1ccc(Cl)c(Cl)c1)S(=O)(=O)c1ccccc1. The van der Waals surface area contributed by atoms with Crippen molar-refractivity contribution in [3.63, 3.8) is 0 Å². The molecular weight excluding hydrogens is 652 g/mol. The maximum atomic E-state index is 14.2. The smallest absolute Gasteiger partial charge is 0.264 e. The van der Waals surface area contributed by atoms with Crippen LogP contribution in [-0.4, -0.2) is 43.8 Å². The first kappa shape index (κ1) is 33.4. The van der Waals surface area contributed by atoms with Crippen molar-refractivity contribution in [1.82, 2.24) is 10.2 Å². The zero-order valence-corrected chi connectivity index (χ0v) is 27.5. The van der Waals surface area contributed by atoms with E-state index in [1.807, 2.05) is 6.92 Å². The minimum atomic E-state index is -4.23. The van der Waals surface area contributed by atoms with Crippen LogP contribution in [0.4, 0.5) is 5.69 Å². The summed E-state index contributed by atoms with van der Waals surface area (Å²) in [5.74, 6) is -0.887. The van der Waals surface area contributed by atoms with Crippen molar-refractivity contribution in [2.45, 2.75) is 69.0 Å². The van der Waals surface area contributed by atoms with Gasteiger partial charge in [0.25, 0.3) is 10.0 Å². The summed E-state index contributed by atoms with van der Waals surface area (Å²) in [5, 5.41) is 4.23. The molecule has 1 N–H and O–H groups in total. The lowest BCUT2D eigenvalue weighted by Gasteiger charge is -2.34. The third-order valence-electron chi connectivity index (χ3n) is 7.49. The number of anilines is 1. The van der Waals surface area contributed by atoms with E-state index in [0.717, 1.165) is 36.4 Å². The van der Waals surface area contributed by atoms with Crippen LogP contribution in [0, 0.1) is 0 Å². The molecule has 0 unspecified atom stereocenters. The molecule has 0 heterocycles. The fourth-order valence-electron chi connectivity index (χ4n) is 5.19. The van der Waals surface area contributed by atoms with Gasteiger partial charge in [0, 0.05) is 22.6 Å². The van der Waals surface area contributed by atoms with Gasteiger partial charge in [-0.25, -0.2) is 8.42 Å². The molecule has 7 nitrogen and oxygen atoms in total. The number of carbonyl (C=O) groups excluding carboxylic acids is 2. The lowest BCUT2D eigenvalue weighted by molar-refractivity contribution is -0.140. The second-order valence-electron chi connectivity index (χ2n) is 10.4. The van der Waals surface area contributed by atoms with E-state index in [0.29, 0.717) is 22.0 Å².